The number of hydrogen-bond acceptors (Lipinski definition) is 7. The Bertz CT molecular complexity index is 1410. The minimum absolute atomic E-state index is 0.0191. The van der Waals surface area contributed by atoms with Gasteiger partial charge in [-0.05, 0) is 56.2 Å². The number of methoxy groups -OCH3 is 2. The molecule has 4 rings (SSSR count). The number of hydrogen-bond donors (Lipinski definition) is 1. The van der Waals surface area contributed by atoms with Crippen LogP contribution in [0.4, 0.5) is 5.69 Å². The van der Waals surface area contributed by atoms with Crippen molar-refractivity contribution in [2.45, 2.75) is 38.9 Å². The van der Waals surface area contributed by atoms with Crippen LogP contribution in [0.1, 0.15) is 34.0 Å². The Kier molecular flexibility index (Phi) is 8.27. The minimum Gasteiger partial charge on any atom is -0.497 e. The summed E-state index contributed by atoms with van der Waals surface area (Å²) in [5.74, 6) is 0.684. The number of amides is 1. The number of piperazine rings is 1. The standard InChI is InChI=1S/C27H35N5O5S/c1-6-31-18-23(26(33)28-17-21-16-22(36-4)10-11-25(21)37-5)27(29-31)38(34,35)32-14-12-30(13-15-32)24-9-7-8-19(2)20(24)3/h7-11,16,18H,6,12-15,17H2,1-5H3,(H,28,33). The van der Waals surface area contributed by atoms with E-state index >= 15 is 0 Å². The van der Waals surface area contributed by atoms with Gasteiger partial charge in [0, 0.05) is 56.7 Å². The lowest BCUT2D eigenvalue weighted by molar-refractivity contribution is 0.0947. The van der Waals surface area contributed by atoms with Crippen LogP contribution in [0.25, 0.3) is 0 Å². The number of anilines is 1. The molecule has 2 heterocycles. The Morgan fingerprint density at radius 2 is 1.79 bits per heavy atom. The molecule has 204 valence electrons. The largest absolute Gasteiger partial charge is 0.497 e. The summed E-state index contributed by atoms with van der Waals surface area (Å²) in [6.45, 7) is 8.26. The maximum absolute atomic E-state index is 13.7. The molecule has 1 amide bonds. The van der Waals surface area contributed by atoms with E-state index in [1.807, 2.05) is 13.0 Å². The van der Waals surface area contributed by atoms with E-state index in [9.17, 15) is 13.2 Å². The predicted octanol–water partition coefficient (Wildman–Crippen LogP) is 2.98. The smallest absolute Gasteiger partial charge is 0.263 e. The van der Waals surface area contributed by atoms with Crippen molar-refractivity contribution in [3.8, 4) is 11.5 Å². The molecule has 1 saturated heterocycles. The van der Waals surface area contributed by atoms with Crippen molar-refractivity contribution in [1.29, 1.82) is 0 Å². The molecular formula is C27H35N5O5S. The second-order valence-electron chi connectivity index (χ2n) is 9.17. The molecule has 0 atom stereocenters. The SMILES string of the molecule is CCn1cc(C(=O)NCc2cc(OC)ccc2OC)c(S(=O)(=O)N2CCN(c3cccc(C)c3C)CC2)n1. The summed E-state index contributed by atoms with van der Waals surface area (Å²) in [6.07, 6.45) is 1.48. The zero-order chi connectivity index (χ0) is 27.4. The summed E-state index contributed by atoms with van der Waals surface area (Å²) < 4.78 is 40.9. The van der Waals surface area contributed by atoms with Crippen LogP contribution in [-0.4, -0.2) is 68.8 Å². The number of nitrogens with zero attached hydrogens (tertiary/aromatic N) is 4. The van der Waals surface area contributed by atoms with Crippen LogP contribution < -0.4 is 19.7 Å². The van der Waals surface area contributed by atoms with E-state index < -0.39 is 15.9 Å². The number of nitrogens with one attached hydrogen (secondary N) is 1. The second-order valence-corrected chi connectivity index (χ2v) is 11.0. The Morgan fingerprint density at radius 3 is 2.45 bits per heavy atom. The van der Waals surface area contributed by atoms with Crippen molar-refractivity contribution in [2.75, 3.05) is 45.3 Å². The molecule has 2 aromatic carbocycles. The van der Waals surface area contributed by atoms with Gasteiger partial charge in [0.2, 0.25) is 5.03 Å². The highest BCUT2D eigenvalue weighted by Gasteiger charge is 2.35. The Hall–Kier alpha value is -3.57. The monoisotopic (exact) mass is 541 g/mol. The Labute approximate surface area is 224 Å². The van der Waals surface area contributed by atoms with Gasteiger partial charge in [-0.25, -0.2) is 8.42 Å². The third kappa shape index (κ3) is 5.48. The molecule has 1 aliphatic heterocycles. The molecule has 0 unspecified atom stereocenters. The summed E-state index contributed by atoms with van der Waals surface area (Å²) in [7, 11) is -0.886. The van der Waals surface area contributed by atoms with Crippen molar-refractivity contribution in [3.05, 3.63) is 64.8 Å². The number of carbonyl (C=O) groups excluding carboxylic acids is 1. The van der Waals surface area contributed by atoms with E-state index in [1.54, 1.807) is 32.4 Å². The first kappa shape index (κ1) is 27.5. The first-order valence-corrected chi connectivity index (χ1v) is 14.0. The first-order chi connectivity index (χ1) is 18.2. The number of benzene rings is 2. The zero-order valence-corrected chi connectivity index (χ0v) is 23.3. The summed E-state index contributed by atoms with van der Waals surface area (Å²) >= 11 is 0. The average molecular weight is 542 g/mol. The number of carbonyl (C=O) groups is 1. The molecule has 10 nitrogen and oxygen atoms in total. The number of aromatic nitrogens is 2. The molecule has 0 bridgehead atoms. The molecule has 1 N–H and O–H groups in total. The van der Waals surface area contributed by atoms with Gasteiger partial charge in [0.25, 0.3) is 15.9 Å². The van der Waals surface area contributed by atoms with Gasteiger partial charge in [-0.15, -0.1) is 0 Å². The van der Waals surface area contributed by atoms with Crippen molar-refractivity contribution in [2.24, 2.45) is 0 Å². The normalized spacial score (nSPS) is 14.4. The van der Waals surface area contributed by atoms with Crippen molar-refractivity contribution >= 4 is 21.6 Å². The summed E-state index contributed by atoms with van der Waals surface area (Å²) in [5, 5.41) is 6.87. The van der Waals surface area contributed by atoms with E-state index in [4.69, 9.17) is 9.47 Å². The van der Waals surface area contributed by atoms with Crippen LogP contribution in [-0.2, 0) is 23.1 Å². The molecule has 1 aromatic heterocycles. The van der Waals surface area contributed by atoms with Crippen molar-refractivity contribution in [3.63, 3.8) is 0 Å². The molecule has 1 aliphatic rings. The van der Waals surface area contributed by atoms with E-state index in [2.05, 4.69) is 41.3 Å². The molecular weight excluding hydrogens is 506 g/mol. The quantitative estimate of drug-likeness (QED) is 0.444. The van der Waals surface area contributed by atoms with Gasteiger partial charge in [-0.2, -0.15) is 9.40 Å². The number of sulfonamides is 1. The third-order valence-electron chi connectivity index (χ3n) is 6.96. The van der Waals surface area contributed by atoms with Crippen LogP contribution in [0.15, 0.2) is 47.6 Å². The summed E-state index contributed by atoms with van der Waals surface area (Å²) in [4.78, 5) is 15.4. The van der Waals surface area contributed by atoms with Crippen LogP contribution in [0.3, 0.4) is 0 Å². The van der Waals surface area contributed by atoms with Gasteiger partial charge in [-0.3, -0.25) is 9.48 Å². The molecule has 0 saturated carbocycles. The van der Waals surface area contributed by atoms with E-state index in [0.717, 1.165) is 5.69 Å². The second kappa shape index (κ2) is 11.4. The van der Waals surface area contributed by atoms with Gasteiger partial charge in [0.15, 0.2) is 0 Å². The highest BCUT2D eigenvalue weighted by atomic mass is 32.2. The molecule has 11 heteroatoms. The van der Waals surface area contributed by atoms with E-state index in [1.165, 1.54) is 26.3 Å². The molecule has 0 aliphatic carbocycles. The lowest BCUT2D eigenvalue weighted by atomic mass is 10.1. The highest BCUT2D eigenvalue weighted by Crippen LogP contribution is 2.27. The van der Waals surface area contributed by atoms with Gasteiger partial charge < -0.3 is 19.7 Å². The number of rotatable bonds is 9. The average Bonchev–Trinajstić information content (AvgIpc) is 3.39. The summed E-state index contributed by atoms with van der Waals surface area (Å²) in [6, 6.07) is 11.4. The Balaban J connectivity index is 1.52. The zero-order valence-electron chi connectivity index (χ0n) is 22.5. The lowest BCUT2D eigenvalue weighted by Gasteiger charge is -2.36. The number of ether oxygens (including phenoxy) is 2. The molecule has 0 spiro atoms. The summed E-state index contributed by atoms with van der Waals surface area (Å²) in [5.41, 5.74) is 4.23. The maximum Gasteiger partial charge on any atom is 0.263 e. The first-order valence-electron chi connectivity index (χ1n) is 12.6. The highest BCUT2D eigenvalue weighted by molar-refractivity contribution is 7.89. The van der Waals surface area contributed by atoms with E-state index in [-0.39, 0.29) is 17.1 Å². The van der Waals surface area contributed by atoms with Gasteiger partial charge in [-0.1, -0.05) is 12.1 Å². The van der Waals surface area contributed by atoms with Crippen molar-refractivity contribution < 1.29 is 22.7 Å². The van der Waals surface area contributed by atoms with Crippen LogP contribution in [0.2, 0.25) is 0 Å². The lowest BCUT2D eigenvalue weighted by Crippen LogP contribution is -2.49. The molecule has 1 fully saturated rings. The number of aryl methyl sites for hydroxylation is 2. The molecule has 38 heavy (non-hydrogen) atoms. The van der Waals surface area contributed by atoms with Gasteiger partial charge in [0.1, 0.15) is 11.5 Å². The van der Waals surface area contributed by atoms with Crippen LogP contribution in [0.5, 0.6) is 11.5 Å². The van der Waals surface area contributed by atoms with Crippen molar-refractivity contribution in [1.82, 2.24) is 19.4 Å². The van der Waals surface area contributed by atoms with Crippen LogP contribution in [0, 0.1) is 13.8 Å². The maximum atomic E-state index is 13.7. The fourth-order valence-electron chi connectivity index (χ4n) is 4.57. The Morgan fingerprint density at radius 1 is 1.05 bits per heavy atom. The van der Waals surface area contributed by atoms with Gasteiger partial charge in [0.05, 0.1) is 19.8 Å². The van der Waals surface area contributed by atoms with E-state index in [0.29, 0.717) is 49.8 Å². The predicted molar refractivity (Wildman–Crippen MR) is 146 cm³/mol. The molecule has 3 aromatic rings. The fraction of sp³-hybridized carbons (Fsp3) is 0.407. The van der Waals surface area contributed by atoms with Crippen LogP contribution >= 0.6 is 0 Å². The van der Waals surface area contributed by atoms with Gasteiger partial charge >= 0.3 is 0 Å². The minimum atomic E-state index is -3.99. The third-order valence-corrected chi connectivity index (χ3v) is 8.80. The topological polar surface area (TPSA) is 106 Å². The molecule has 0 radical (unpaired) electrons. The fourth-order valence-corrected chi connectivity index (χ4v) is 6.09.